The lowest BCUT2D eigenvalue weighted by atomic mass is 10.0. The zero-order chi connectivity index (χ0) is 19.1. The standard InChI is InChI=1S/C23H21NO3/c1-27-20-14-8-9-17(15-20)16-21(23(25)26)24-22(18-10-4-2-5-11-18)19-12-6-3-7-13-19/h2-15,21H,16H2,1H3,(H,25,26). The molecule has 0 saturated carbocycles. The van der Waals surface area contributed by atoms with Crippen LogP contribution in [0.25, 0.3) is 0 Å². The van der Waals surface area contributed by atoms with Crippen molar-refractivity contribution in [3.63, 3.8) is 0 Å². The highest BCUT2D eigenvalue weighted by Crippen LogP contribution is 2.17. The first-order valence-electron chi connectivity index (χ1n) is 8.72. The van der Waals surface area contributed by atoms with Gasteiger partial charge < -0.3 is 9.84 Å². The van der Waals surface area contributed by atoms with Gasteiger partial charge in [0.2, 0.25) is 0 Å². The van der Waals surface area contributed by atoms with Gasteiger partial charge in [-0.15, -0.1) is 0 Å². The summed E-state index contributed by atoms with van der Waals surface area (Å²) in [6, 6.07) is 25.8. The number of aliphatic carboxylic acids is 1. The Morgan fingerprint density at radius 2 is 1.52 bits per heavy atom. The van der Waals surface area contributed by atoms with E-state index in [-0.39, 0.29) is 6.42 Å². The molecule has 27 heavy (non-hydrogen) atoms. The summed E-state index contributed by atoms with van der Waals surface area (Å²) in [6.07, 6.45) is 0.287. The molecule has 0 saturated heterocycles. The van der Waals surface area contributed by atoms with Crippen molar-refractivity contribution in [1.82, 2.24) is 0 Å². The van der Waals surface area contributed by atoms with E-state index in [0.717, 1.165) is 16.7 Å². The van der Waals surface area contributed by atoms with E-state index >= 15 is 0 Å². The number of rotatable bonds is 7. The van der Waals surface area contributed by atoms with E-state index in [2.05, 4.69) is 4.99 Å². The second-order valence-electron chi connectivity index (χ2n) is 6.12. The molecule has 3 rings (SSSR count). The maximum atomic E-state index is 11.9. The third-order valence-electron chi connectivity index (χ3n) is 4.23. The minimum absolute atomic E-state index is 0.287. The number of nitrogens with zero attached hydrogens (tertiary/aromatic N) is 1. The van der Waals surface area contributed by atoms with Gasteiger partial charge in [-0.1, -0.05) is 72.8 Å². The molecule has 0 aliphatic rings. The summed E-state index contributed by atoms with van der Waals surface area (Å²) >= 11 is 0. The number of benzene rings is 3. The van der Waals surface area contributed by atoms with E-state index in [4.69, 9.17) is 4.74 Å². The average Bonchev–Trinajstić information content (AvgIpc) is 2.72. The van der Waals surface area contributed by atoms with Crippen molar-refractivity contribution in [1.29, 1.82) is 0 Å². The number of carboxylic acid groups (broad SMARTS) is 1. The van der Waals surface area contributed by atoms with Crippen LogP contribution in [0.5, 0.6) is 5.75 Å². The first kappa shape index (κ1) is 18.4. The molecule has 1 N–H and O–H groups in total. The van der Waals surface area contributed by atoms with Crippen LogP contribution in [0.2, 0.25) is 0 Å². The number of carboxylic acids is 1. The van der Waals surface area contributed by atoms with Crippen molar-refractivity contribution in [2.24, 2.45) is 4.99 Å². The molecular formula is C23H21NO3. The Morgan fingerprint density at radius 1 is 0.926 bits per heavy atom. The largest absolute Gasteiger partial charge is 0.497 e. The number of hydrogen-bond acceptors (Lipinski definition) is 3. The van der Waals surface area contributed by atoms with Crippen LogP contribution in [0, 0.1) is 0 Å². The second-order valence-corrected chi connectivity index (χ2v) is 6.12. The first-order chi connectivity index (χ1) is 13.2. The zero-order valence-corrected chi connectivity index (χ0v) is 15.1. The van der Waals surface area contributed by atoms with Crippen LogP contribution >= 0.6 is 0 Å². The Labute approximate surface area is 158 Å². The minimum Gasteiger partial charge on any atom is -0.497 e. The maximum absolute atomic E-state index is 11.9. The lowest BCUT2D eigenvalue weighted by Crippen LogP contribution is -2.23. The number of carbonyl (C=O) groups is 1. The van der Waals surface area contributed by atoms with Gasteiger partial charge in [-0.25, -0.2) is 4.79 Å². The molecule has 4 nitrogen and oxygen atoms in total. The minimum atomic E-state index is -0.956. The molecular weight excluding hydrogens is 338 g/mol. The topological polar surface area (TPSA) is 58.9 Å². The smallest absolute Gasteiger partial charge is 0.328 e. The van der Waals surface area contributed by atoms with Crippen LogP contribution in [0.15, 0.2) is 89.9 Å². The Bertz CT molecular complexity index is 879. The van der Waals surface area contributed by atoms with Crippen LogP contribution in [0.1, 0.15) is 16.7 Å². The van der Waals surface area contributed by atoms with E-state index < -0.39 is 12.0 Å². The monoisotopic (exact) mass is 359 g/mol. The Morgan fingerprint density at radius 3 is 2.04 bits per heavy atom. The zero-order valence-electron chi connectivity index (χ0n) is 15.1. The average molecular weight is 359 g/mol. The fraction of sp³-hybridized carbons (Fsp3) is 0.130. The summed E-state index contributed by atoms with van der Waals surface area (Å²) in [4.78, 5) is 16.6. The van der Waals surface area contributed by atoms with Gasteiger partial charge in [-0.3, -0.25) is 4.99 Å². The molecule has 0 aliphatic heterocycles. The van der Waals surface area contributed by atoms with Gasteiger partial charge in [0.05, 0.1) is 12.8 Å². The van der Waals surface area contributed by atoms with E-state index in [1.165, 1.54) is 0 Å². The fourth-order valence-electron chi connectivity index (χ4n) is 2.87. The van der Waals surface area contributed by atoms with E-state index in [1.807, 2.05) is 84.9 Å². The van der Waals surface area contributed by atoms with Crippen molar-refractivity contribution < 1.29 is 14.6 Å². The SMILES string of the molecule is COc1cccc(CC(N=C(c2ccccc2)c2ccccc2)C(=O)O)c1. The normalized spacial score (nSPS) is 11.4. The summed E-state index contributed by atoms with van der Waals surface area (Å²) in [6.45, 7) is 0. The van der Waals surface area contributed by atoms with Crippen molar-refractivity contribution >= 4 is 11.7 Å². The third-order valence-corrected chi connectivity index (χ3v) is 4.23. The molecule has 0 heterocycles. The highest BCUT2D eigenvalue weighted by molar-refractivity contribution is 6.13. The van der Waals surface area contributed by atoms with Crippen molar-refractivity contribution in [3.05, 3.63) is 102 Å². The molecule has 0 bridgehead atoms. The van der Waals surface area contributed by atoms with Crippen molar-refractivity contribution in [3.8, 4) is 5.75 Å². The van der Waals surface area contributed by atoms with Gasteiger partial charge in [0, 0.05) is 17.5 Å². The molecule has 136 valence electrons. The molecule has 0 spiro atoms. The second kappa shape index (κ2) is 8.81. The fourth-order valence-corrected chi connectivity index (χ4v) is 2.87. The summed E-state index contributed by atoms with van der Waals surface area (Å²) in [5, 5.41) is 9.77. The van der Waals surface area contributed by atoms with Crippen LogP contribution < -0.4 is 4.74 Å². The van der Waals surface area contributed by atoms with Crippen LogP contribution in [-0.2, 0) is 11.2 Å². The summed E-state index contributed by atoms with van der Waals surface area (Å²) < 4.78 is 5.23. The highest BCUT2D eigenvalue weighted by atomic mass is 16.5. The van der Waals surface area contributed by atoms with E-state index in [9.17, 15) is 9.90 Å². The molecule has 4 heteroatoms. The number of methoxy groups -OCH3 is 1. The van der Waals surface area contributed by atoms with Gasteiger partial charge in [0.1, 0.15) is 5.75 Å². The summed E-state index contributed by atoms with van der Waals surface area (Å²) in [5.41, 5.74) is 3.32. The Kier molecular flexibility index (Phi) is 6.00. The van der Waals surface area contributed by atoms with Crippen LogP contribution in [-0.4, -0.2) is 29.9 Å². The number of hydrogen-bond donors (Lipinski definition) is 1. The molecule has 1 atom stereocenters. The Balaban J connectivity index is 2.00. The van der Waals surface area contributed by atoms with E-state index in [1.54, 1.807) is 7.11 Å². The van der Waals surface area contributed by atoms with Gasteiger partial charge in [-0.05, 0) is 17.7 Å². The van der Waals surface area contributed by atoms with Crippen LogP contribution in [0.4, 0.5) is 0 Å². The molecule has 0 fully saturated rings. The molecule has 0 aliphatic carbocycles. The molecule has 3 aromatic carbocycles. The maximum Gasteiger partial charge on any atom is 0.328 e. The molecule has 0 radical (unpaired) electrons. The molecule has 0 aromatic heterocycles. The number of ether oxygens (including phenoxy) is 1. The van der Waals surface area contributed by atoms with Gasteiger partial charge in [0.15, 0.2) is 6.04 Å². The number of aliphatic imine (C=N–C) groups is 1. The van der Waals surface area contributed by atoms with Crippen molar-refractivity contribution in [2.75, 3.05) is 7.11 Å². The molecule has 1 unspecified atom stereocenters. The van der Waals surface area contributed by atoms with Crippen molar-refractivity contribution in [2.45, 2.75) is 12.5 Å². The third kappa shape index (κ3) is 4.82. The van der Waals surface area contributed by atoms with Crippen LogP contribution in [0.3, 0.4) is 0 Å². The lowest BCUT2D eigenvalue weighted by Gasteiger charge is -2.13. The van der Waals surface area contributed by atoms with E-state index in [0.29, 0.717) is 11.5 Å². The molecule has 3 aromatic rings. The summed E-state index contributed by atoms with van der Waals surface area (Å²) in [7, 11) is 1.59. The van der Waals surface area contributed by atoms with Gasteiger partial charge in [-0.2, -0.15) is 0 Å². The first-order valence-corrected chi connectivity index (χ1v) is 8.72. The van der Waals surface area contributed by atoms with Gasteiger partial charge in [0.25, 0.3) is 0 Å². The summed E-state index contributed by atoms with van der Waals surface area (Å²) in [5.74, 6) is -0.255. The lowest BCUT2D eigenvalue weighted by molar-refractivity contribution is -0.138. The predicted octanol–water partition coefficient (Wildman–Crippen LogP) is 4.23. The Hall–Kier alpha value is -3.40. The van der Waals surface area contributed by atoms with Gasteiger partial charge >= 0.3 is 5.97 Å². The predicted molar refractivity (Wildman–Crippen MR) is 107 cm³/mol. The molecule has 0 amide bonds. The quantitative estimate of drug-likeness (QED) is 0.642. The highest BCUT2D eigenvalue weighted by Gasteiger charge is 2.19.